The Morgan fingerprint density at radius 1 is 1.38 bits per heavy atom. The highest BCUT2D eigenvalue weighted by Crippen LogP contribution is 2.21. The van der Waals surface area contributed by atoms with Crippen LogP contribution in [-0.4, -0.2) is 56.0 Å². The smallest absolute Gasteiger partial charge is 0.260 e. The van der Waals surface area contributed by atoms with Gasteiger partial charge < -0.3 is 16.0 Å². The average molecular weight is 330 g/mol. The van der Waals surface area contributed by atoms with Gasteiger partial charge in [-0.1, -0.05) is 0 Å². The summed E-state index contributed by atoms with van der Waals surface area (Å²) in [6.45, 7) is 6.02. The van der Waals surface area contributed by atoms with Gasteiger partial charge >= 0.3 is 0 Å². The van der Waals surface area contributed by atoms with E-state index in [0.717, 1.165) is 5.56 Å². The van der Waals surface area contributed by atoms with Crippen LogP contribution in [0, 0.1) is 6.92 Å². The molecule has 3 rings (SSSR count). The normalized spacial score (nSPS) is 20.8. The van der Waals surface area contributed by atoms with Gasteiger partial charge in [0.05, 0.1) is 6.20 Å². The zero-order valence-electron chi connectivity index (χ0n) is 14.1. The van der Waals surface area contributed by atoms with Gasteiger partial charge in [-0.2, -0.15) is 5.10 Å². The van der Waals surface area contributed by atoms with Crippen LogP contribution in [0.1, 0.15) is 36.2 Å². The van der Waals surface area contributed by atoms with Crippen LogP contribution in [0.3, 0.4) is 0 Å². The molecule has 0 saturated carbocycles. The zero-order chi connectivity index (χ0) is 17.4. The van der Waals surface area contributed by atoms with Crippen LogP contribution < -0.4 is 11.1 Å². The number of rotatable bonds is 3. The summed E-state index contributed by atoms with van der Waals surface area (Å²) in [6.07, 6.45) is 5.44. The van der Waals surface area contributed by atoms with E-state index in [1.165, 1.54) is 11.1 Å². The van der Waals surface area contributed by atoms with E-state index in [1.807, 2.05) is 20.8 Å². The molecule has 8 heteroatoms. The number of carbonyl (C=O) groups excluding carboxylic acids is 2. The molecule has 3 heterocycles. The summed E-state index contributed by atoms with van der Waals surface area (Å²) in [5, 5.41) is 7.04. The molecule has 0 spiro atoms. The number of amides is 2. The second-order valence-electron chi connectivity index (χ2n) is 6.59. The van der Waals surface area contributed by atoms with Crippen molar-refractivity contribution in [2.75, 3.05) is 6.54 Å². The van der Waals surface area contributed by atoms with Crippen molar-refractivity contribution in [1.82, 2.24) is 24.8 Å². The minimum Gasteiger partial charge on any atom is -0.352 e. The SMILES string of the molecule is Cc1cnc2c(C(=O)N3C[C@@H](N)C[C@H]3C(=O)NC(C)C)cnn2c1. The molecule has 1 aliphatic rings. The van der Waals surface area contributed by atoms with Crippen LogP contribution in [0.2, 0.25) is 0 Å². The molecule has 2 aromatic rings. The van der Waals surface area contributed by atoms with E-state index in [2.05, 4.69) is 15.4 Å². The molecule has 1 saturated heterocycles. The van der Waals surface area contributed by atoms with Gasteiger partial charge in [0.1, 0.15) is 11.6 Å². The Morgan fingerprint density at radius 2 is 2.12 bits per heavy atom. The van der Waals surface area contributed by atoms with Gasteiger partial charge in [-0.05, 0) is 32.8 Å². The molecule has 8 nitrogen and oxygen atoms in total. The molecule has 1 fully saturated rings. The van der Waals surface area contributed by atoms with Crippen LogP contribution in [0.15, 0.2) is 18.6 Å². The molecule has 0 radical (unpaired) electrons. The third-order valence-corrected chi connectivity index (χ3v) is 4.04. The number of aromatic nitrogens is 3. The quantitative estimate of drug-likeness (QED) is 0.830. The van der Waals surface area contributed by atoms with E-state index in [-0.39, 0.29) is 23.9 Å². The maximum absolute atomic E-state index is 13.0. The first-order valence-corrected chi connectivity index (χ1v) is 8.03. The van der Waals surface area contributed by atoms with Crippen molar-refractivity contribution >= 4 is 17.5 Å². The fourth-order valence-corrected chi connectivity index (χ4v) is 3.00. The maximum atomic E-state index is 13.0. The van der Waals surface area contributed by atoms with Gasteiger partial charge in [0.2, 0.25) is 5.91 Å². The molecular weight excluding hydrogens is 308 g/mol. The predicted octanol–water partition coefficient (Wildman–Crippen LogP) is 0.104. The monoisotopic (exact) mass is 330 g/mol. The maximum Gasteiger partial charge on any atom is 0.260 e. The number of nitrogens with zero attached hydrogens (tertiary/aromatic N) is 4. The standard InChI is InChI=1S/C16H22N6O2/c1-9(2)20-15(23)13-4-11(17)8-21(13)16(24)12-6-19-22-7-10(3)5-18-14(12)22/h5-7,9,11,13H,4,8,17H2,1-3H3,(H,20,23)/t11-,13-/m0/s1. The van der Waals surface area contributed by atoms with Crippen LogP contribution in [0.5, 0.6) is 0 Å². The second-order valence-corrected chi connectivity index (χ2v) is 6.59. The summed E-state index contributed by atoms with van der Waals surface area (Å²) >= 11 is 0. The highest BCUT2D eigenvalue weighted by atomic mass is 16.2. The van der Waals surface area contributed by atoms with Crippen LogP contribution >= 0.6 is 0 Å². The van der Waals surface area contributed by atoms with E-state index in [0.29, 0.717) is 24.2 Å². The largest absolute Gasteiger partial charge is 0.352 e. The Bertz CT molecular complexity index is 784. The molecular formula is C16H22N6O2. The Balaban J connectivity index is 1.90. The van der Waals surface area contributed by atoms with Crippen molar-refractivity contribution < 1.29 is 9.59 Å². The van der Waals surface area contributed by atoms with Crippen molar-refractivity contribution in [3.63, 3.8) is 0 Å². The molecule has 0 unspecified atom stereocenters. The Kier molecular flexibility index (Phi) is 4.23. The van der Waals surface area contributed by atoms with Crippen LogP contribution in [0.4, 0.5) is 0 Å². The summed E-state index contributed by atoms with van der Waals surface area (Å²) < 4.78 is 1.57. The molecule has 2 amide bonds. The summed E-state index contributed by atoms with van der Waals surface area (Å²) in [6, 6.07) is -0.767. The number of nitrogens with one attached hydrogen (secondary N) is 1. The van der Waals surface area contributed by atoms with Crippen molar-refractivity contribution in [3.05, 3.63) is 29.7 Å². The first kappa shape index (κ1) is 16.4. The van der Waals surface area contributed by atoms with Gasteiger partial charge in [-0.3, -0.25) is 9.59 Å². The number of likely N-dealkylation sites (tertiary alicyclic amines) is 1. The minimum atomic E-state index is -0.560. The lowest BCUT2D eigenvalue weighted by molar-refractivity contribution is -0.125. The topological polar surface area (TPSA) is 106 Å². The fraction of sp³-hybridized carbons (Fsp3) is 0.500. The van der Waals surface area contributed by atoms with E-state index in [1.54, 1.807) is 16.9 Å². The lowest BCUT2D eigenvalue weighted by Crippen LogP contribution is -2.47. The fourth-order valence-electron chi connectivity index (χ4n) is 3.00. The van der Waals surface area contributed by atoms with Crippen LogP contribution in [0.25, 0.3) is 5.65 Å². The Morgan fingerprint density at radius 3 is 2.83 bits per heavy atom. The molecule has 0 aliphatic carbocycles. The van der Waals surface area contributed by atoms with Gasteiger partial charge in [-0.25, -0.2) is 9.50 Å². The van der Waals surface area contributed by atoms with E-state index in [4.69, 9.17) is 5.73 Å². The summed E-state index contributed by atoms with van der Waals surface area (Å²) in [4.78, 5) is 31.2. The molecule has 0 aromatic carbocycles. The van der Waals surface area contributed by atoms with E-state index >= 15 is 0 Å². The van der Waals surface area contributed by atoms with Crippen molar-refractivity contribution in [1.29, 1.82) is 0 Å². The number of nitrogens with two attached hydrogens (primary N) is 1. The second kappa shape index (κ2) is 6.20. The highest BCUT2D eigenvalue weighted by Gasteiger charge is 2.39. The number of fused-ring (bicyclic) bond motifs is 1. The van der Waals surface area contributed by atoms with E-state index in [9.17, 15) is 9.59 Å². The summed E-state index contributed by atoms with van der Waals surface area (Å²) in [5.41, 5.74) is 7.81. The van der Waals surface area contributed by atoms with Gasteiger partial charge in [-0.15, -0.1) is 0 Å². The first-order chi connectivity index (χ1) is 11.4. The Labute approximate surface area is 140 Å². The van der Waals surface area contributed by atoms with Crippen molar-refractivity contribution in [2.45, 2.75) is 45.3 Å². The third kappa shape index (κ3) is 2.96. The predicted molar refractivity (Wildman–Crippen MR) is 88.4 cm³/mol. The number of carbonyl (C=O) groups is 2. The molecule has 2 aromatic heterocycles. The lowest BCUT2D eigenvalue weighted by atomic mass is 10.1. The average Bonchev–Trinajstić information content (AvgIpc) is 3.09. The molecule has 2 atom stereocenters. The Hall–Kier alpha value is -2.48. The van der Waals surface area contributed by atoms with E-state index < -0.39 is 6.04 Å². The number of hydrogen-bond acceptors (Lipinski definition) is 5. The molecule has 128 valence electrons. The highest BCUT2D eigenvalue weighted by molar-refractivity contribution is 6.02. The number of aryl methyl sites for hydroxylation is 1. The molecule has 3 N–H and O–H groups in total. The minimum absolute atomic E-state index is 0.00731. The van der Waals surface area contributed by atoms with Crippen molar-refractivity contribution in [3.8, 4) is 0 Å². The van der Waals surface area contributed by atoms with Crippen LogP contribution in [-0.2, 0) is 4.79 Å². The molecule has 24 heavy (non-hydrogen) atoms. The number of hydrogen-bond donors (Lipinski definition) is 2. The van der Waals surface area contributed by atoms with Gasteiger partial charge in [0, 0.05) is 31.0 Å². The third-order valence-electron chi connectivity index (χ3n) is 4.04. The van der Waals surface area contributed by atoms with Gasteiger partial charge in [0.25, 0.3) is 5.91 Å². The summed E-state index contributed by atoms with van der Waals surface area (Å²) in [7, 11) is 0. The zero-order valence-corrected chi connectivity index (χ0v) is 14.1. The molecule has 0 bridgehead atoms. The first-order valence-electron chi connectivity index (χ1n) is 8.03. The lowest BCUT2D eigenvalue weighted by Gasteiger charge is -2.24. The summed E-state index contributed by atoms with van der Waals surface area (Å²) in [5.74, 6) is -0.440. The van der Waals surface area contributed by atoms with Crippen molar-refractivity contribution in [2.24, 2.45) is 5.73 Å². The van der Waals surface area contributed by atoms with Gasteiger partial charge in [0.15, 0.2) is 5.65 Å². The molecule has 1 aliphatic heterocycles.